The van der Waals surface area contributed by atoms with Gasteiger partial charge in [0.25, 0.3) is 5.91 Å². The molecule has 0 aliphatic carbocycles. The summed E-state index contributed by atoms with van der Waals surface area (Å²) in [6.45, 7) is 6.39. The molecule has 0 saturated carbocycles. The zero-order valence-electron chi connectivity index (χ0n) is 9.40. The van der Waals surface area contributed by atoms with Crippen LogP contribution in [0.3, 0.4) is 0 Å². The van der Waals surface area contributed by atoms with Gasteiger partial charge in [0, 0.05) is 12.6 Å². The van der Waals surface area contributed by atoms with Gasteiger partial charge in [-0.15, -0.1) is 0 Å². The monoisotopic (exact) mass is 226 g/mol. The van der Waals surface area contributed by atoms with Crippen LogP contribution in [0.2, 0.25) is 0 Å². The van der Waals surface area contributed by atoms with Crippen molar-refractivity contribution in [3.8, 4) is 0 Å². The summed E-state index contributed by atoms with van der Waals surface area (Å²) in [7, 11) is 0. The second-order valence-corrected chi connectivity index (χ2v) is 4.62. The Labute approximate surface area is 92.6 Å². The molecule has 6 nitrogen and oxygen atoms in total. The van der Waals surface area contributed by atoms with Crippen LogP contribution in [0.4, 0.5) is 0 Å². The maximum Gasteiger partial charge on any atom is 0.374 e. The number of carboxylic acid groups (broad SMARTS) is 1. The van der Waals surface area contributed by atoms with E-state index in [1.54, 1.807) is 0 Å². The molecular weight excluding hydrogens is 212 g/mol. The van der Waals surface area contributed by atoms with E-state index < -0.39 is 11.9 Å². The average molecular weight is 226 g/mol. The van der Waals surface area contributed by atoms with Crippen LogP contribution in [0.25, 0.3) is 0 Å². The molecule has 88 valence electrons. The summed E-state index contributed by atoms with van der Waals surface area (Å²) in [4.78, 5) is 22.0. The first kappa shape index (κ1) is 12.2. The highest BCUT2D eigenvalue weighted by atomic mass is 16.5. The van der Waals surface area contributed by atoms with Gasteiger partial charge in [0.05, 0.1) is 0 Å². The van der Waals surface area contributed by atoms with E-state index in [-0.39, 0.29) is 16.9 Å². The van der Waals surface area contributed by atoms with E-state index >= 15 is 0 Å². The fourth-order valence-corrected chi connectivity index (χ4v) is 0.919. The molecule has 6 heteroatoms. The summed E-state index contributed by atoms with van der Waals surface area (Å²) < 4.78 is 4.47. The van der Waals surface area contributed by atoms with Crippen molar-refractivity contribution in [2.45, 2.75) is 20.8 Å². The summed E-state index contributed by atoms with van der Waals surface area (Å²) in [5, 5.41) is 14.6. The van der Waals surface area contributed by atoms with E-state index in [0.29, 0.717) is 6.54 Å². The van der Waals surface area contributed by atoms with Crippen LogP contribution < -0.4 is 5.32 Å². The Kier molecular flexibility index (Phi) is 3.31. The van der Waals surface area contributed by atoms with Gasteiger partial charge in [-0.2, -0.15) is 0 Å². The third-order valence-corrected chi connectivity index (χ3v) is 1.73. The Morgan fingerprint density at radius 2 is 2.12 bits per heavy atom. The maximum absolute atomic E-state index is 11.5. The molecule has 16 heavy (non-hydrogen) atoms. The van der Waals surface area contributed by atoms with E-state index in [0.717, 1.165) is 6.07 Å². The molecule has 0 aromatic carbocycles. The normalized spacial score (nSPS) is 11.2. The number of aromatic nitrogens is 1. The fourth-order valence-electron chi connectivity index (χ4n) is 0.919. The van der Waals surface area contributed by atoms with Crippen molar-refractivity contribution in [3.63, 3.8) is 0 Å². The first-order chi connectivity index (χ1) is 7.29. The molecule has 0 aliphatic heterocycles. The molecule has 0 bridgehead atoms. The lowest BCUT2D eigenvalue weighted by molar-refractivity contribution is 0.0651. The largest absolute Gasteiger partial charge is 0.475 e. The zero-order valence-corrected chi connectivity index (χ0v) is 9.40. The Balaban J connectivity index is 2.63. The second kappa shape index (κ2) is 4.34. The molecule has 1 aromatic rings. The van der Waals surface area contributed by atoms with Crippen molar-refractivity contribution in [2.24, 2.45) is 5.41 Å². The lowest BCUT2D eigenvalue weighted by Gasteiger charge is -2.17. The van der Waals surface area contributed by atoms with Crippen molar-refractivity contribution in [1.82, 2.24) is 10.5 Å². The Morgan fingerprint density at radius 3 is 2.56 bits per heavy atom. The number of rotatable bonds is 3. The van der Waals surface area contributed by atoms with E-state index in [4.69, 9.17) is 5.11 Å². The van der Waals surface area contributed by atoms with Gasteiger partial charge >= 0.3 is 5.97 Å². The molecule has 1 amide bonds. The van der Waals surface area contributed by atoms with Crippen LogP contribution in [0.5, 0.6) is 0 Å². The molecule has 0 unspecified atom stereocenters. The van der Waals surface area contributed by atoms with Crippen molar-refractivity contribution in [1.29, 1.82) is 0 Å². The molecule has 0 atom stereocenters. The van der Waals surface area contributed by atoms with Gasteiger partial charge in [0.15, 0.2) is 5.69 Å². The third kappa shape index (κ3) is 3.38. The van der Waals surface area contributed by atoms with Gasteiger partial charge in [-0.1, -0.05) is 25.9 Å². The number of hydrogen-bond acceptors (Lipinski definition) is 4. The van der Waals surface area contributed by atoms with E-state index in [9.17, 15) is 9.59 Å². The van der Waals surface area contributed by atoms with Crippen molar-refractivity contribution in [3.05, 3.63) is 17.5 Å². The number of carbonyl (C=O) groups is 2. The highest BCUT2D eigenvalue weighted by molar-refractivity contribution is 5.94. The number of amides is 1. The second-order valence-electron chi connectivity index (χ2n) is 4.62. The lowest BCUT2D eigenvalue weighted by atomic mass is 9.97. The number of nitrogens with one attached hydrogen (secondary N) is 1. The number of carboxylic acids is 1. The molecule has 1 rings (SSSR count). The Hall–Kier alpha value is -1.85. The molecule has 0 radical (unpaired) electrons. The number of nitrogens with zero attached hydrogens (tertiary/aromatic N) is 1. The first-order valence-electron chi connectivity index (χ1n) is 4.78. The van der Waals surface area contributed by atoms with E-state index in [1.165, 1.54) is 0 Å². The van der Waals surface area contributed by atoms with E-state index in [1.807, 2.05) is 20.8 Å². The summed E-state index contributed by atoms with van der Waals surface area (Å²) in [6.07, 6.45) is 0. The highest BCUT2D eigenvalue weighted by Gasteiger charge is 2.18. The van der Waals surface area contributed by atoms with Crippen molar-refractivity contribution >= 4 is 11.9 Å². The van der Waals surface area contributed by atoms with Crippen LogP contribution in [0.15, 0.2) is 10.6 Å². The fraction of sp³-hybridized carbons (Fsp3) is 0.500. The molecule has 1 aromatic heterocycles. The van der Waals surface area contributed by atoms with Crippen molar-refractivity contribution < 1.29 is 19.2 Å². The average Bonchev–Trinajstić information content (AvgIpc) is 2.61. The highest BCUT2D eigenvalue weighted by Crippen LogP contribution is 2.11. The molecular formula is C10H14N2O4. The van der Waals surface area contributed by atoms with E-state index in [2.05, 4.69) is 15.0 Å². The van der Waals surface area contributed by atoms with Gasteiger partial charge < -0.3 is 14.9 Å². The summed E-state index contributed by atoms with van der Waals surface area (Å²) >= 11 is 0. The topological polar surface area (TPSA) is 92.4 Å². The first-order valence-corrected chi connectivity index (χ1v) is 4.78. The van der Waals surface area contributed by atoms with Crippen molar-refractivity contribution in [2.75, 3.05) is 6.54 Å². The summed E-state index contributed by atoms with van der Waals surface area (Å²) in [6, 6.07) is 1.10. The minimum atomic E-state index is -1.25. The van der Waals surface area contributed by atoms with Gasteiger partial charge in [0.2, 0.25) is 5.76 Å². The minimum Gasteiger partial charge on any atom is -0.475 e. The smallest absolute Gasteiger partial charge is 0.374 e. The summed E-state index contributed by atoms with van der Waals surface area (Å²) in [5.74, 6) is -2.03. The maximum atomic E-state index is 11.5. The number of aromatic carboxylic acids is 1. The molecule has 0 saturated heterocycles. The van der Waals surface area contributed by atoms with Crippen LogP contribution in [-0.2, 0) is 0 Å². The standard InChI is InChI=1S/C10H14N2O4/c1-10(2,3)5-11-8(13)6-4-7(9(14)15)16-12-6/h4H,5H2,1-3H3,(H,11,13)(H,14,15). The Morgan fingerprint density at radius 1 is 1.50 bits per heavy atom. The van der Waals surface area contributed by atoms with Gasteiger partial charge in [-0.05, 0) is 5.41 Å². The third-order valence-electron chi connectivity index (χ3n) is 1.73. The van der Waals surface area contributed by atoms with Crippen LogP contribution in [-0.4, -0.2) is 28.7 Å². The quantitative estimate of drug-likeness (QED) is 0.806. The number of hydrogen-bond donors (Lipinski definition) is 2. The molecule has 2 N–H and O–H groups in total. The number of carbonyl (C=O) groups excluding carboxylic acids is 1. The van der Waals surface area contributed by atoms with Gasteiger partial charge in [-0.3, -0.25) is 4.79 Å². The van der Waals surface area contributed by atoms with Crippen LogP contribution in [0.1, 0.15) is 41.8 Å². The SMILES string of the molecule is CC(C)(C)CNC(=O)c1cc(C(=O)O)on1. The molecule has 0 aliphatic rings. The molecule has 1 heterocycles. The zero-order chi connectivity index (χ0) is 12.3. The predicted molar refractivity (Wildman–Crippen MR) is 55.3 cm³/mol. The minimum absolute atomic E-state index is 0.0262. The Bertz CT molecular complexity index is 403. The van der Waals surface area contributed by atoms with Crippen LogP contribution in [0, 0.1) is 5.41 Å². The molecule has 0 spiro atoms. The summed E-state index contributed by atoms with van der Waals surface area (Å²) in [5.41, 5.74) is -0.0729. The lowest BCUT2D eigenvalue weighted by Crippen LogP contribution is -2.32. The van der Waals surface area contributed by atoms with Gasteiger partial charge in [0.1, 0.15) is 0 Å². The van der Waals surface area contributed by atoms with Crippen LogP contribution >= 0.6 is 0 Å². The van der Waals surface area contributed by atoms with Gasteiger partial charge in [-0.25, -0.2) is 4.79 Å². The molecule has 0 fully saturated rings. The predicted octanol–water partition coefficient (Wildman–Crippen LogP) is 1.15.